The molecule has 0 radical (unpaired) electrons. The van der Waals surface area contributed by atoms with Gasteiger partial charge in [0.05, 0.1) is 12.2 Å². The van der Waals surface area contributed by atoms with E-state index in [1.54, 1.807) is 0 Å². The summed E-state index contributed by atoms with van der Waals surface area (Å²) in [6.07, 6.45) is 1.96. The van der Waals surface area contributed by atoms with E-state index in [-0.39, 0.29) is 0 Å². The molecule has 0 unspecified atom stereocenters. The van der Waals surface area contributed by atoms with E-state index in [9.17, 15) is 0 Å². The van der Waals surface area contributed by atoms with Crippen LogP contribution in [-0.2, 0) is 6.54 Å². The second-order valence-corrected chi connectivity index (χ2v) is 4.87. The normalized spacial score (nSPS) is 10.6. The zero-order valence-electron chi connectivity index (χ0n) is 8.74. The molecule has 0 aliphatic heterocycles. The third-order valence-corrected chi connectivity index (χ3v) is 2.97. The van der Waals surface area contributed by atoms with Crippen molar-refractivity contribution in [3.8, 4) is 0 Å². The largest absolute Gasteiger partial charge is 0.248 e. The van der Waals surface area contributed by atoms with Crippen molar-refractivity contribution >= 4 is 22.6 Å². The molecule has 0 aliphatic carbocycles. The number of hydrogen-bond acceptors (Lipinski definition) is 2. The van der Waals surface area contributed by atoms with Gasteiger partial charge < -0.3 is 0 Å². The van der Waals surface area contributed by atoms with E-state index in [0.717, 1.165) is 12.2 Å². The topological polar surface area (TPSA) is 30.7 Å². The predicted molar refractivity (Wildman–Crippen MR) is 67.8 cm³/mol. The average Bonchev–Trinajstić information content (AvgIpc) is 2.58. The number of aryl methyl sites for hydroxylation is 2. The molecule has 0 amide bonds. The molecule has 1 aromatic heterocycles. The van der Waals surface area contributed by atoms with Crippen LogP contribution in [0.15, 0.2) is 24.4 Å². The van der Waals surface area contributed by atoms with Crippen molar-refractivity contribution in [2.24, 2.45) is 0 Å². The second-order valence-electron chi connectivity index (χ2n) is 3.63. The maximum Gasteiger partial charge on any atom is 0.0796 e. The zero-order chi connectivity index (χ0) is 10.8. The van der Waals surface area contributed by atoms with Gasteiger partial charge in [-0.2, -0.15) is 0 Å². The summed E-state index contributed by atoms with van der Waals surface area (Å²) in [7, 11) is 0. The van der Waals surface area contributed by atoms with E-state index in [0.29, 0.717) is 0 Å². The molecule has 0 saturated carbocycles. The maximum absolute atomic E-state index is 4.05. The summed E-state index contributed by atoms with van der Waals surface area (Å²) < 4.78 is 3.12. The summed E-state index contributed by atoms with van der Waals surface area (Å²) in [6.45, 7) is 4.86. The summed E-state index contributed by atoms with van der Waals surface area (Å²) in [4.78, 5) is 0. The van der Waals surface area contributed by atoms with Crippen LogP contribution in [0, 0.1) is 17.4 Å². The fraction of sp³-hybridized carbons (Fsp3) is 0.273. The van der Waals surface area contributed by atoms with Gasteiger partial charge in [0.15, 0.2) is 0 Å². The minimum absolute atomic E-state index is 0.795. The molecule has 0 bridgehead atoms. The fourth-order valence-corrected chi connectivity index (χ4v) is 2.01. The first-order valence-electron chi connectivity index (χ1n) is 4.77. The van der Waals surface area contributed by atoms with E-state index in [1.165, 1.54) is 14.7 Å². The monoisotopic (exact) mass is 313 g/mol. The number of nitrogens with zero attached hydrogens (tertiary/aromatic N) is 3. The lowest BCUT2D eigenvalue weighted by molar-refractivity contribution is 0.647. The molecule has 78 valence electrons. The van der Waals surface area contributed by atoms with Gasteiger partial charge in [-0.1, -0.05) is 11.3 Å². The molecule has 0 N–H and O–H groups in total. The Hall–Kier alpha value is -0.910. The van der Waals surface area contributed by atoms with Crippen LogP contribution >= 0.6 is 22.6 Å². The molecule has 2 rings (SSSR count). The Bertz CT molecular complexity index is 476. The Kier molecular flexibility index (Phi) is 3.04. The lowest BCUT2D eigenvalue weighted by Crippen LogP contribution is -2.02. The Labute approximate surface area is 103 Å². The second kappa shape index (κ2) is 4.30. The smallest absolute Gasteiger partial charge is 0.0796 e. The van der Waals surface area contributed by atoms with Gasteiger partial charge in [0.2, 0.25) is 0 Å². The third kappa shape index (κ3) is 2.56. The third-order valence-electron chi connectivity index (χ3n) is 2.30. The van der Waals surface area contributed by atoms with Crippen LogP contribution in [-0.4, -0.2) is 15.0 Å². The van der Waals surface area contributed by atoms with Crippen molar-refractivity contribution in [1.82, 2.24) is 15.0 Å². The molecule has 15 heavy (non-hydrogen) atoms. The lowest BCUT2D eigenvalue weighted by atomic mass is 10.1. The van der Waals surface area contributed by atoms with Gasteiger partial charge in [-0.05, 0) is 59.7 Å². The maximum atomic E-state index is 4.05. The van der Waals surface area contributed by atoms with E-state index in [1.807, 2.05) is 17.8 Å². The molecular weight excluding hydrogens is 301 g/mol. The van der Waals surface area contributed by atoms with Crippen LogP contribution in [0.25, 0.3) is 0 Å². The van der Waals surface area contributed by atoms with Gasteiger partial charge in [0.25, 0.3) is 0 Å². The quantitative estimate of drug-likeness (QED) is 0.798. The first-order valence-corrected chi connectivity index (χ1v) is 5.85. The molecule has 0 atom stereocenters. The van der Waals surface area contributed by atoms with Gasteiger partial charge >= 0.3 is 0 Å². The number of rotatable bonds is 2. The van der Waals surface area contributed by atoms with Crippen molar-refractivity contribution in [2.75, 3.05) is 0 Å². The summed E-state index contributed by atoms with van der Waals surface area (Å²) in [6, 6.07) is 6.44. The molecule has 2 aromatic rings. The highest BCUT2D eigenvalue weighted by Crippen LogP contribution is 2.14. The Balaban J connectivity index is 2.27. The predicted octanol–water partition coefficient (Wildman–Crippen LogP) is 2.55. The van der Waals surface area contributed by atoms with Crippen LogP contribution in [0.2, 0.25) is 0 Å². The molecule has 0 fully saturated rings. The van der Waals surface area contributed by atoms with Crippen LogP contribution in [0.4, 0.5) is 0 Å². The highest BCUT2D eigenvalue weighted by atomic mass is 127. The lowest BCUT2D eigenvalue weighted by Gasteiger charge is -2.05. The Morgan fingerprint density at radius 3 is 2.80 bits per heavy atom. The first kappa shape index (κ1) is 10.6. The van der Waals surface area contributed by atoms with Crippen molar-refractivity contribution in [3.05, 3.63) is 44.8 Å². The molecule has 3 nitrogen and oxygen atoms in total. The van der Waals surface area contributed by atoms with Crippen LogP contribution in [0.3, 0.4) is 0 Å². The van der Waals surface area contributed by atoms with Crippen molar-refractivity contribution in [2.45, 2.75) is 20.4 Å². The van der Waals surface area contributed by atoms with Gasteiger partial charge in [-0.3, -0.25) is 0 Å². The van der Waals surface area contributed by atoms with Gasteiger partial charge in [0.1, 0.15) is 0 Å². The van der Waals surface area contributed by atoms with Crippen LogP contribution < -0.4 is 0 Å². The van der Waals surface area contributed by atoms with E-state index in [2.05, 4.69) is 58.0 Å². The van der Waals surface area contributed by atoms with Crippen molar-refractivity contribution in [3.63, 3.8) is 0 Å². The Morgan fingerprint density at radius 2 is 2.13 bits per heavy atom. The Morgan fingerprint density at radius 1 is 1.33 bits per heavy atom. The van der Waals surface area contributed by atoms with E-state index < -0.39 is 0 Å². The highest BCUT2D eigenvalue weighted by Gasteiger charge is 2.02. The zero-order valence-corrected chi connectivity index (χ0v) is 10.9. The molecule has 0 saturated heterocycles. The van der Waals surface area contributed by atoms with Gasteiger partial charge in [-0.25, -0.2) is 4.68 Å². The van der Waals surface area contributed by atoms with E-state index >= 15 is 0 Å². The fourth-order valence-electron chi connectivity index (χ4n) is 1.46. The summed E-state index contributed by atoms with van der Waals surface area (Å²) in [5.41, 5.74) is 3.55. The van der Waals surface area contributed by atoms with Crippen molar-refractivity contribution in [1.29, 1.82) is 0 Å². The number of halogens is 1. The van der Waals surface area contributed by atoms with Crippen LogP contribution in [0.5, 0.6) is 0 Å². The standard InChI is InChI=1S/C11H12IN3/c1-8-3-4-11(12)5-10(8)7-15-6-9(2)13-14-15/h3-6H,7H2,1-2H3. The molecular formula is C11H12IN3. The van der Waals surface area contributed by atoms with Crippen molar-refractivity contribution < 1.29 is 0 Å². The molecule has 1 aromatic carbocycles. The highest BCUT2D eigenvalue weighted by molar-refractivity contribution is 14.1. The molecule has 0 spiro atoms. The molecule has 1 heterocycles. The number of hydrogen-bond donors (Lipinski definition) is 0. The van der Waals surface area contributed by atoms with Crippen LogP contribution in [0.1, 0.15) is 16.8 Å². The van der Waals surface area contributed by atoms with E-state index in [4.69, 9.17) is 0 Å². The number of aromatic nitrogens is 3. The van der Waals surface area contributed by atoms with Gasteiger partial charge in [-0.15, -0.1) is 5.10 Å². The minimum atomic E-state index is 0.795. The molecule has 0 aliphatic rings. The SMILES string of the molecule is Cc1cn(Cc2cc(I)ccc2C)nn1. The first-order chi connectivity index (χ1) is 7.15. The average molecular weight is 313 g/mol. The molecule has 4 heteroatoms. The summed E-state index contributed by atoms with van der Waals surface area (Å²) >= 11 is 2.32. The number of benzene rings is 1. The summed E-state index contributed by atoms with van der Waals surface area (Å²) in [5, 5.41) is 8.02. The summed E-state index contributed by atoms with van der Waals surface area (Å²) in [5.74, 6) is 0. The minimum Gasteiger partial charge on any atom is -0.248 e. The van der Waals surface area contributed by atoms with Gasteiger partial charge in [0, 0.05) is 9.77 Å².